The Bertz CT molecular complexity index is 2050. The number of Topliss-reactive ketones (excluding diaryl/α,β-unsaturated/α-hetero) is 2. The molecule has 0 aliphatic heterocycles. The van der Waals surface area contributed by atoms with Crippen LogP contribution in [-0.2, 0) is 15.0 Å². The van der Waals surface area contributed by atoms with Crippen LogP contribution in [0.4, 0.5) is 0 Å². The number of ketones is 2. The number of phenols is 2. The summed E-state index contributed by atoms with van der Waals surface area (Å²) in [6.07, 6.45) is 12.0. The Morgan fingerprint density at radius 3 is 2.20 bits per heavy atom. The molecule has 4 aromatic rings. The first-order chi connectivity index (χ1) is 23.6. The minimum Gasteiger partial charge on any atom is -0.508 e. The number of carbonyl (C=O) groups is 2. The molecule has 2 unspecified atom stereocenters. The fraction of sp³-hybridized carbons (Fsp3) is 0.349. The topological polar surface area (TPSA) is 99.6 Å². The number of aromatic amines is 1. The number of benzene rings is 3. The summed E-state index contributed by atoms with van der Waals surface area (Å²) in [6, 6.07) is 18.3. The molecule has 252 valence electrons. The van der Waals surface area contributed by atoms with Gasteiger partial charge in [-0.15, -0.1) is 0 Å². The van der Waals surface area contributed by atoms with Crippen LogP contribution in [0.5, 0.6) is 17.4 Å². The third-order valence-corrected chi connectivity index (χ3v) is 11.3. The van der Waals surface area contributed by atoms with Crippen LogP contribution >= 0.6 is 0 Å². The summed E-state index contributed by atoms with van der Waals surface area (Å²) in [7, 11) is 1.60. The number of hydrogen-bond donors (Lipinski definition) is 3. The highest BCUT2D eigenvalue weighted by Crippen LogP contribution is 2.62. The molecule has 0 amide bonds. The van der Waals surface area contributed by atoms with E-state index in [2.05, 4.69) is 57.0 Å². The number of rotatable bonds is 10. The molecule has 3 aliphatic rings. The van der Waals surface area contributed by atoms with Crippen molar-refractivity contribution in [1.29, 1.82) is 0 Å². The average molecular weight is 656 g/mol. The highest BCUT2D eigenvalue weighted by molar-refractivity contribution is 6.28. The van der Waals surface area contributed by atoms with E-state index in [1.165, 1.54) is 0 Å². The number of phenolic OH excluding ortho intramolecular Hbond substituents is 2. The number of fused-ring (bicyclic) bond motifs is 6. The predicted octanol–water partition coefficient (Wildman–Crippen LogP) is 9.57. The molecule has 1 aromatic heterocycles. The van der Waals surface area contributed by atoms with Crippen molar-refractivity contribution in [2.75, 3.05) is 7.11 Å². The van der Waals surface area contributed by atoms with Gasteiger partial charge < -0.3 is 19.9 Å². The van der Waals surface area contributed by atoms with Crippen LogP contribution in [0.25, 0.3) is 22.4 Å². The molecular weight excluding hydrogens is 610 g/mol. The summed E-state index contributed by atoms with van der Waals surface area (Å²) >= 11 is 0. The molecule has 1 fully saturated rings. The molecule has 0 saturated heterocycles. The Balaban J connectivity index is 1.60. The fourth-order valence-corrected chi connectivity index (χ4v) is 8.80. The first kappa shape index (κ1) is 32.7. The number of aromatic nitrogens is 1. The fourth-order valence-electron chi connectivity index (χ4n) is 8.80. The van der Waals surface area contributed by atoms with E-state index in [4.69, 9.17) is 4.74 Å². The van der Waals surface area contributed by atoms with Crippen molar-refractivity contribution in [3.05, 3.63) is 112 Å². The van der Waals surface area contributed by atoms with Gasteiger partial charge in [-0.3, -0.25) is 9.59 Å². The van der Waals surface area contributed by atoms with Gasteiger partial charge in [-0.2, -0.15) is 0 Å². The standard InChI is InChI=1S/C43H45NO5/c1-6-8-19-43(20-9-7-2)23-30-36(37-32(43)21-29-33(46)22-28-31(35(29)37)24-44-41(28)49-5)39(47)34(25-15-17-27(45)18-16-25)40(48)38(30)42(3,4)26-13-11-10-12-14-26/h10-18,21-24,34,38,44-46H,6-9,19-20H2,1-5H3. The molecule has 1 saturated carbocycles. The second-order valence-corrected chi connectivity index (χ2v) is 14.6. The smallest absolute Gasteiger partial charge is 0.198 e. The lowest BCUT2D eigenvalue weighted by Gasteiger charge is -2.47. The molecule has 3 aromatic carbocycles. The number of H-pyrrole nitrogens is 1. The zero-order valence-electron chi connectivity index (χ0n) is 29.0. The molecule has 2 atom stereocenters. The summed E-state index contributed by atoms with van der Waals surface area (Å²) in [5.41, 5.74) is 5.24. The Morgan fingerprint density at radius 2 is 1.57 bits per heavy atom. The Kier molecular flexibility index (Phi) is 8.17. The summed E-state index contributed by atoms with van der Waals surface area (Å²) < 4.78 is 5.66. The third-order valence-electron chi connectivity index (χ3n) is 11.3. The third kappa shape index (κ3) is 4.98. The molecule has 0 bridgehead atoms. The number of aromatic hydroxyl groups is 2. The highest BCUT2D eigenvalue weighted by Gasteiger charge is 2.55. The van der Waals surface area contributed by atoms with Gasteiger partial charge in [0.2, 0.25) is 0 Å². The van der Waals surface area contributed by atoms with Gasteiger partial charge in [-0.1, -0.05) is 102 Å². The van der Waals surface area contributed by atoms with E-state index in [9.17, 15) is 10.2 Å². The van der Waals surface area contributed by atoms with E-state index in [0.717, 1.165) is 77.1 Å². The average Bonchev–Trinajstić information content (AvgIpc) is 3.70. The van der Waals surface area contributed by atoms with Crippen molar-refractivity contribution in [3.63, 3.8) is 0 Å². The van der Waals surface area contributed by atoms with E-state index in [-0.39, 0.29) is 23.1 Å². The lowest BCUT2D eigenvalue weighted by atomic mass is 9.54. The first-order valence-electron chi connectivity index (χ1n) is 17.6. The second kappa shape index (κ2) is 12.2. The maximum atomic E-state index is 15.2. The van der Waals surface area contributed by atoms with Gasteiger partial charge in [0.05, 0.1) is 13.0 Å². The molecule has 3 N–H and O–H groups in total. The summed E-state index contributed by atoms with van der Waals surface area (Å²) in [5.74, 6) is -1.30. The summed E-state index contributed by atoms with van der Waals surface area (Å²) in [5, 5.41) is 23.4. The number of unbranched alkanes of at least 4 members (excludes halogenated alkanes) is 2. The van der Waals surface area contributed by atoms with Gasteiger partial charge in [-0.05, 0) is 65.0 Å². The quantitative estimate of drug-likeness (QED) is 0.148. The number of allylic oxidation sites excluding steroid dienone is 5. The van der Waals surface area contributed by atoms with Crippen LogP contribution in [-0.4, -0.2) is 33.9 Å². The maximum Gasteiger partial charge on any atom is 0.198 e. The zero-order chi connectivity index (χ0) is 34.7. The minimum atomic E-state index is -1.05. The number of carbonyl (C=O) groups excluding carboxylic acids is 2. The molecule has 7 rings (SSSR count). The van der Waals surface area contributed by atoms with Gasteiger partial charge in [0, 0.05) is 44.5 Å². The van der Waals surface area contributed by atoms with Gasteiger partial charge in [0.15, 0.2) is 17.4 Å². The van der Waals surface area contributed by atoms with Crippen LogP contribution in [0.3, 0.4) is 0 Å². The van der Waals surface area contributed by atoms with Crippen molar-refractivity contribution in [1.82, 2.24) is 4.98 Å². The number of ether oxygens (including phenoxy) is 1. The summed E-state index contributed by atoms with van der Waals surface area (Å²) in [4.78, 5) is 33.6. The van der Waals surface area contributed by atoms with Crippen LogP contribution in [0.15, 0.2) is 89.7 Å². The van der Waals surface area contributed by atoms with Gasteiger partial charge >= 0.3 is 0 Å². The Labute approximate surface area is 288 Å². The van der Waals surface area contributed by atoms with Crippen molar-refractivity contribution in [2.45, 2.75) is 77.6 Å². The summed E-state index contributed by atoms with van der Waals surface area (Å²) in [6.45, 7) is 8.63. The highest BCUT2D eigenvalue weighted by atomic mass is 16.5. The van der Waals surface area contributed by atoms with Crippen molar-refractivity contribution in [2.24, 2.45) is 11.3 Å². The largest absolute Gasteiger partial charge is 0.508 e. The molecule has 0 radical (unpaired) electrons. The molecule has 6 heteroatoms. The van der Waals surface area contributed by atoms with E-state index in [1.807, 2.05) is 24.4 Å². The molecule has 49 heavy (non-hydrogen) atoms. The lowest BCUT2D eigenvalue weighted by molar-refractivity contribution is -0.132. The van der Waals surface area contributed by atoms with E-state index in [0.29, 0.717) is 22.6 Å². The normalized spacial score (nSPS) is 19.8. The molecule has 6 nitrogen and oxygen atoms in total. The number of methoxy groups -OCH3 is 1. The van der Waals surface area contributed by atoms with Crippen LogP contribution in [0, 0.1) is 11.3 Å². The number of hydrogen-bond acceptors (Lipinski definition) is 5. The van der Waals surface area contributed by atoms with Crippen LogP contribution in [0.1, 0.15) is 94.4 Å². The van der Waals surface area contributed by atoms with E-state index < -0.39 is 22.7 Å². The minimum absolute atomic E-state index is 0.0757. The van der Waals surface area contributed by atoms with E-state index in [1.54, 1.807) is 37.4 Å². The van der Waals surface area contributed by atoms with Gasteiger partial charge in [0.1, 0.15) is 17.4 Å². The maximum absolute atomic E-state index is 15.2. The van der Waals surface area contributed by atoms with Crippen molar-refractivity contribution >= 4 is 34.0 Å². The molecule has 0 spiro atoms. The molecular formula is C43H45NO5. The molecule has 3 aliphatic carbocycles. The number of nitrogens with one attached hydrogen (secondary N) is 1. The first-order valence-corrected chi connectivity index (χ1v) is 17.6. The van der Waals surface area contributed by atoms with Gasteiger partial charge in [0.25, 0.3) is 0 Å². The SMILES string of the molecule is CCCCC1(CCCC)C=C2C(=C3C1=Cc1c(O)cc4c(OC)[nH]cc4c13)C(=O)C(c1ccc(O)cc1)C(=O)C2C(C)(C)c1ccccc1. The lowest BCUT2D eigenvalue weighted by Crippen LogP contribution is -2.47. The van der Waals surface area contributed by atoms with Crippen molar-refractivity contribution < 1.29 is 24.5 Å². The predicted molar refractivity (Wildman–Crippen MR) is 195 cm³/mol. The zero-order valence-corrected chi connectivity index (χ0v) is 29.0. The van der Waals surface area contributed by atoms with E-state index >= 15 is 9.59 Å². The monoisotopic (exact) mass is 655 g/mol. The Hall–Kier alpha value is -4.84. The van der Waals surface area contributed by atoms with Crippen LogP contribution in [0.2, 0.25) is 0 Å². The van der Waals surface area contributed by atoms with Gasteiger partial charge in [-0.25, -0.2) is 0 Å². The second-order valence-electron chi connectivity index (χ2n) is 14.6. The Morgan fingerprint density at radius 1 is 0.898 bits per heavy atom. The van der Waals surface area contributed by atoms with Crippen molar-refractivity contribution in [3.8, 4) is 17.4 Å². The molecule has 1 heterocycles. The van der Waals surface area contributed by atoms with Crippen LogP contribution < -0.4 is 4.74 Å².